The number of hydrogen-bond donors (Lipinski definition) is 2. The lowest BCUT2D eigenvalue weighted by Crippen LogP contribution is -1.97. The third-order valence-corrected chi connectivity index (χ3v) is 3.00. The van der Waals surface area contributed by atoms with Crippen LogP contribution in [-0.4, -0.2) is 4.98 Å². The van der Waals surface area contributed by atoms with Gasteiger partial charge in [0.2, 0.25) is 0 Å². The molecule has 0 amide bonds. The summed E-state index contributed by atoms with van der Waals surface area (Å²) in [6, 6.07) is 7.72. The van der Waals surface area contributed by atoms with E-state index in [1.165, 1.54) is 0 Å². The number of aryl methyl sites for hydroxylation is 2. The lowest BCUT2D eigenvalue weighted by atomic mass is 10.2. The Hall–Kier alpha value is -1.74. The summed E-state index contributed by atoms with van der Waals surface area (Å²) in [6.45, 7) is 3.92. The van der Waals surface area contributed by atoms with Crippen molar-refractivity contribution >= 4 is 28.8 Å². The molecule has 0 aliphatic heterocycles. The molecule has 3 N–H and O–H groups in total. The van der Waals surface area contributed by atoms with Gasteiger partial charge >= 0.3 is 0 Å². The monoisotopic (exact) mass is 247 g/mol. The van der Waals surface area contributed by atoms with Crippen molar-refractivity contribution in [3.8, 4) is 0 Å². The first-order valence-corrected chi connectivity index (χ1v) is 5.69. The van der Waals surface area contributed by atoms with E-state index < -0.39 is 0 Å². The second kappa shape index (κ2) is 4.63. The fourth-order valence-electron chi connectivity index (χ4n) is 1.45. The summed E-state index contributed by atoms with van der Waals surface area (Å²) in [7, 11) is 0. The molecule has 17 heavy (non-hydrogen) atoms. The quantitative estimate of drug-likeness (QED) is 0.851. The number of nitrogens with one attached hydrogen (secondary N) is 1. The van der Waals surface area contributed by atoms with Gasteiger partial charge in [-0.25, -0.2) is 4.98 Å². The van der Waals surface area contributed by atoms with Crippen molar-refractivity contribution in [2.75, 3.05) is 11.1 Å². The third-order valence-electron chi connectivity index (χ3n) is 2.60. The first-order chi connectivity index (χ1) is 8.06. The van der Waals surface area contributed by atoms with Gasteiger partial charge in [0.1, 0.15) is 5.82 Å². The van der Waals surface area contributed by atoms with Crippen molar-refractivity contribution in [3.05, 3.63) is 46.6 Å². The van der Waals surface area contributed by atoms with Gasteiger partial charge in [-0.3, -0.25) is 0 Å². The molecule has 1 heterocycles. The molecule has 0 atom stereocenters. The number of halogens is 1. The Morgan fingerprint density at radius 2 is 1.94 bits per heavy atom. The zero-order valence-electron chi connectivity index (χ0n) is 9.79. The van der Waals surface area contributed by atoms with E-state index in [9.17, 15) is 0 Å². The predicted molar refractivity (Wildman–Crippen MR) is 72.9 cm³/mol. The van der Waals surface area contributed by atoms with Gasteiger partial charge in [-0.2, -0.15) is 0 Å². The van der Waals surface area contributed by atoms with E-state index in [1.807, 2.05) is 38.1 Å². The number of anilines is 3. The Bertz CT molecular complexity index is 503. The van der Waals surface area contributed by atoms with E-state index in [4.69, 9.17) is 17.3 Å². The highest BCUT2D eigenvalue weighted by atomic mass is 35.5. The maximum absolute atomic E-state index is 6.06. The van der Waals surface area contributed by atoms with Gasteiger partial charge in [0.25, 0.3) is 0 Å². The lowest BCUT2D eigenvalue weighted by molar-refractivity contribution is 1.28. The standard InChI is InChI=1S/C13H14ClN3/c1-8-3-4-10(6-11(8)14)17-13-5-9(2)12(15)7-16-13/h3-7H,15H2,1-2H3,(H,16,17). The molecule has 1 aromatic heterocycles. The minimum atomic E-state index is 0.692. The van der Waals surface area contributed by atoms with Gasteiger partial charge in [0.15, 0.2) is 0 Å². The Kier molecular flexibility index (Phi) is 3.20. The normalized spacial score (nSPS) is 10.3. The zero-order valence-corrected chi connectivity index (χ0v) is 10.5. The molecule has 2 aromatic rings. The van der Waals surface area contributed by atoms with Crippen molar-refractivity contribution < 1.29 is 0 Å². The van der Waals surface area contributed by atoms with E-state index in [1.54, 1.807) is 6.20 Å². The van der Waals surface area contributed by atoms with Crippen LogP contribution < -0.4 is 11.1 Å². The molecule has 2 rings (SSSR count). The maximum atomic E-state index is 6.06. The predicted octanol–water partition coefficient (Wildman–Crippen LogP) is 3.68. The van der Waals surface area contributed by atoms with Gasteiger partial charge < -0.3 is 11.1 Å². The number of benzene rings is 1. The summed E-state index contributed by atoms with van der Waals surface area (Å²) in [5.41, 5.74) is 9.38. The number of pyridine rings is 1. The van der Waals surface area contributed by atoms with Crippen LogP contribution in [0.3, 0.4) is 0 Å². The van der Waals surface area contributed by atoms with E-state index in [0.29, 0.717) is 5.69 Å². The molecule has 0 spiro atoms. The molecule has 0 bridgehead atoms. The molecular formula is C13H14ClN3. The number of rotatable bonds is 2. The van der Waals surface area contributed by atoms with Crippen LogP contribution in [0.5, 0.6) is 0 Å². The molecule has 0 saturated carbocycles. The molecule has 0 aliphatic carbocycles. The lowest BCUT2D eigenvalue weighted by Gasteiger charge is -2.08. The Morgan fingerprint density at radius 1 is 1.18 bits per heavy atom. The first kappa shape index (κ1) is 11.7. The van der Waals surface area contributed by atoms with Gasteiger partial charge in [0, 0.05) is 10.7 Å². The van der Waals surface area contributed by atoms with Gasteiger partial charge in [0.05, 0.1) is 11.9 Å². The van der Waals surface area contributed by atoms with Crippen LogP contribution in [0.1, 0.15) is 11.1 Å². The second-order valence-corrected chi connectivity index (χ2v) is 4.42. The summed E-state index contributed by atoms with van der Waals surface area (Å²) in [5, 5.41) is 3.93. The summed E-state index contributed by atoms with van der Waals surface area (Å²) < 4.78 is 0. The van der Waals surface area contributed by atoms with E-state index in [2.05, 4.69) is 10.3 Å². The largest absolute Gasteiger partial charge is 0.397 e. The molecule has 1 aromatic carbocycles. The van der Waals surface area contributed by atoms with Crippen LogP contribution in [0.4, 0.5) is 17.2 Å². The van der Waals surface area contributed by atoms with Crippen LogP contribution in [0.25, 0.3) is 0 Å². The molecule has 0 unspecified atom stereocenters. The molecule has 3 nitrogen and oxygen atoms in total. The van der Waals surface area contributed by atoms with Crippen molar-refractivity contribution in [1.29, 1.82) is 0 Å². The fourth-order valence-corrected chi connectivity index (χ4v) is 1.63. The number of nitrogens with zero attached hydrogens (tertiary/aromatic N) is 1. The minimum Gasteiger partial charge on any atom is -0.397 e. The van der Waals surface area contributed by atoms with E-state index in [0.717, 1.165) is 27.7 Å². The summed E-state index contributed by atoms with van der Waals surface area (Å²) in [4.78, 5) is 4.21. The second-order valence-electron chi connectivity index (χ2n) is 4.02. The average molecular weight is 248 g/mol. The molecule has 0 fully saturated rings. The highest BCUT2D eigenvalue weighted by Crippen LogP contribution is 2.23. The van der Waals surface area contributed by atoms with Crippen LogP contribution in [0.2, 0.25) is 5.02 Å². The number of nitrogens with two attached hydrogens (primary N) is 1. The number of nitrogen functional groups attached to an aromatic ring is 1. The fraction of sp³-hybridized carbons (Fsp3) is 0.154. The van der Waals surface area contributed by atoms with Gasteiger partial charge in [-0.15, -0.1) is 0 Å². The molecule has 4 heteroatoms. The SMILES string of the molecule is Cc1cc(Nc2ccc(C)c(Cl)c2)ncc1N. The van der Waals surface area contributed by atoms with Crippen LogP contribution in [0.15, 0.2) is 30.5 Å². The summed E-state index contributed by atoms with van der Waals surface area (Å²) in [5.74, 6) is 0.761. The van der Waals surface area contributed by atoms with Crippen molar-refractivity contribution in [3.63, 3.8) is 0 Å². The number of aromatic nitrogens is 1. The highest BCUT2D eigenvalue weighted by molar-refractivity contribution is 6.31. The summed E-state index contributed by atoms with van der Waals surface area (Å²) in [6.07, 6.45) is 1.65. The van der Waals surface area contributed by atoms with Crippen molar-refractivity contribution in [2.45, 2.75) is 13.8 Å². The smallest absolute Gasteiger partial charge is 0.130 e. The van der Waals surface area contributed by atoms with Crippen molar-refractivity contribution in [1.82, 2.24) is 4.98 Å². The maximum Gasteiger partial charge on any atom is 0.130 e. The molecule has 88 valence electrons. The Labute approximate surface area is 106 Å². The minimum absolute atomic E-state index is 0.692. The summed E-state index contributed by atoms with van der Waals surface area (Å²) >= 11 is 6.06. The third kappa shape index (κ3) is 2.68. The molecule has 0 aliphatic rings. The Morgan fingerprint density at radius 3 is 2.59 bits per heavy atom. The van der Waals surface area contributed by atoms with Crippen LogP contribution in [0, 0.1) is 13.8 Å². The number of hydrogen-bond acceptors (Lipinski definition) is 3. The first-order valence-electron chi connectivity index (χ1n) is 5.31. The van der Waals surface area contributed by atoms with E-state index in [-0.39, 0.29) is 0 Å². The van der Waals surface area contributed by atoms with Gasteiger partial charge in [-0.1, -0.05) is 17.7 Å². The molecule has 0 radical (unpaired) electrons. The Balaban J connectivity index is 2.25. The highest BCUT2D eigenvalue weighted by Gasteiger charge is 2.01. The average Bonchev–Trinajstić information content (AvgIpc) is 2.29. The topological polar surface area (TPSA) is 50.9 Å². The molecular weight excluding hydrogens is 234 g/mol. The molecule has 0 saturated heterocycles. The van der Waals surface area contributed by atoms with Crippen LogP contribution in [-0.2, 0) is 0 Å². The zero-order chi connectivity index (χ0) is 12.4. The van der Waals surface area contributed by atoms with E-state index >= 15 is 0 Å². The van der Waals surface area contributed by atoms with Crippen LogP contribution >= 0.6 is 11.6 Å². The van der Waals surface area contributed by atoms with Gasteiger partial charge in [-0.05, 0) is 43.2 Å². The van der Waals surface area contributed by atoms with Crippen molar-refractivity contribution in [2.24, 2.45) is 0 Å².